The lowest BCUT2D eigenvalue weighted by molar-refractivity contribution is -0.145. The third-order valence-electron chi connectivity index (χ3n) is 4.84. The molecule has 0 N–H and O–H groups in total. The zero-order chi connectivity index (χ0) is 19.7. The van der Waals surface area contributed by atoms with Gasteiger partial charge in [0.15, 0.2) is 0 Å². The van der Waals surface area contributed by atoms with Crippen LogP contribution in [0.1, 0.15) is 44.9 Å². The van der Waals surface area contributed by atoms with E-state index in [1.165, 1.54) is 4.90 Å². The Morgan fingerprint density at radius 2 is 1.71 bits per heavy atom. The first kappa shape index (κ1) is 17.9. The highest BCUT2D eigenvalue weighted by Gasteiger charge is 2.34. The van der Waals surface area contributed by atoms with Gasteiger partial charge >= 0.3 is 5.97 Å². The molecular weight excluding hydrogens is 358 g/mol. The molecule has 0 atom stereocenters. The zero-order valence-electron chi connectivity index (χ0n) is 15.4. The number of hydrogen-bond acceptors (Lipinski definition) is 5. The molecule has 142 valence electrons. The van der Waals surface area contributed by atoms with Gasteiger partial charge in [-0.1, -0.05) is 18.2 Å². The predicted octanol–water partition coefficient (Wildman–Crippen LogP) is 2.76. The lowest BCUT2D eigenvalue weighted by Gasteiger charge is -2.13. The summed E-state index contributed by atoms with van der Waals surface area (Å²) >= 11 is 0. The molecule has 0 radical (unpaired) electrons. The van der Waals surface area contributed by atoms with Crippen molar-refractivity contribution in [1.29, 1.82) is 0 Å². The minimum Gasteiger partial charge on any atom is -0.459 e. The standard InChI is InChI=1S/C21H19N3O4/c1-14-17(23-11-5-4-9-18(23)22-14)13-28-19(25)10-6-12-24-20(26)15-7-2-3-8-16(15)21(24)27/h2-5,7-9,11H,6,10,12-13H2,1H3. The second-order valence-corrected chi connectivity index (χ2v) is 6.64. The van der Waals surface area contributed by atoms with Crippen LogP contribution in [0.2, 0.25) is 0 Å². The number of nitrogens with zero attached hydrogens (tertiary/aromatic N) is 3. The van der Waals surface area contributed by atoms with Crippen LogP contribution < -0.4 is 0 Å². The number of aryl methyl sites for hydroxylation is 1. The zero-order valence-corrected chi connectivity index (χ0v) is 15.4. The van der Waals surface area contributed by atoms with Crippen molar-refractivity contribution in [1.82, 2.24) is 14.3 Å². The van der Waals surface area contributed by atoms with E-state index >= 15 is 0 Å². The third-order valence-corrected chi connectivity index (χ3v) is 4.84. The topological polar surface area (TPSA) is 81.0 Å². The summed E-state index contributed by atoms with van der Waals surface area (Å²) in [5.74, 6) is -0.993. The largest absolute Gasteiger partial charge is 0.459 e. The molecule has 2 aromatic heterocycles. The van der Waals surface area contributed by atoms with Crippen molar-refractivity contribution >= 4 is 23.4 Å². The van der Waals surface area contributed by atoms with Gasteiger partial charge < -0.3 is 9.14 Å². The van der Waals surface area contributed by atoms with Gasteiger partial charge in [0.05, 0.1) is 22.5 Å². The molecule has 2 amide bonds. The number of hydrogen-bond donors (Lipinski definition) is 0. The number of esters is 1. The van der Waals surface area contributed by atoms with Crippen LogP contribution in [0.25, 0.3) is 5.65 Å². The second-order valence-electron chi connectivity index (χ2n) is 6.64. The van der Waals surface area contributed by atoms with E-state index in [0.29, 0.717) is 17.5 Å². The molecule has 0 unspecified atom stereocenters. The molecule has 1 aliphatic rings. The van der Waals surface area contributed by atoms with Gasteiger partial charge in [-0.3, -0.25) is 19.3 Å². The van der Waals surface area contributed by atoms with E-state index in [0.717, 1.165) is 17.0 Å². The molecule has 0 bridgehead atoms. The van der Waals surface area contributed by atoms with Gasteiger partial charge in [0.25, 0.3) is 11.8 Å². The van der Waals surface area contributed by atoms with Crippen LogP contribution in [0.3, 0.4) is 0 Å². The van der Waals surface area contributed by atoms with Gasteiger partial charge in [-0.25, -0.2) is 4.98 Å². The summed E-state index contributed by atoms with van der Waals surface area (Å²) in [6.45, 7) is 2.19. The average molecular weight is 377 g/mol. The van der Waals surface area contributed by atoms with Crippen LogP contribution >= 0.6 is 0 Å². The van der Waals surface area contributed by atoms with E-state index in [1.54, 1.807) is 24.3 Å². The Balaban J connectivity index is 1.30. The summed E-state index contributed by atoms with van der Waals surface area (Å²) in [5, 5.41) is 0. The first-order chi connectivity index (χ1) is 13.6. The van der Waals surface area contributed by atoms with Crippen LogP contribution in [0.4, 0.5) is 0 Å². The quantitative estimate of drug-likeness (QED) is 0.487. The highest BCUT2D eigenvalue weighted by Crippen LogP contribution is 2.22. The molecule has 0 fully saturated rings. The number of pyridine rings is 1. The normalized spacial score (nSPS) is 13.2. The third kappa shape index (κ3) is 3.15. The van der Waals surface area contributed by atoms with E-state index in [2.05, 4.69) is 4.98 Å². The molecule has 1 aliphatic heterocycles. The fourth-order valence-electron chi connectivity index (χ4n) is 3.38. The summed E-state index contributed by atoms with van der Waals surface area (Å²) in [7, 11) is 0. The number of imide groups is 1. The molecule has 3 heterocycles. The molecule has 0 saturated heterocycles. The smallest absolute Gasteiger partial charge is 0.306 e. The van der Waals surface area contributed by atoms with Crippen LogP contribution in [0.5, 0.6) is 0 Å². The van der Waals surface area contributed by atoms with Crippen molar-refractivity contribution in [2.45, 2.75) is 26.4 Å². The van der Waals surface area contributed by atoms with E-state index < -0.39 is 0 Å². The van der Waals surface area contributed by atoms with Gasteiger partial charge in [-0.15, -0.1) is 0 Å². The highest BCUT2D eigenvalue weighted by atomic mass is 16.5. The molecule has 28 heavy (non-hydrogen) atoms. The number of rotatable bonds is 6. The number of carbonyl (C=O) groups is 3. The lowest BCUT2D eigenvalue weighted by atomic mass is 10.1. The van der Waals surface area contributed by atoms with E-state index in [9.17, 15) is 14.4 Å². The van der Waals surface area contributed by atoms with E-state index in [-0.39, 0.29) is 37.4 Å². The van der Waals surface area contributed by atoms with Crippen molar-refractivity contribution < 1.29 is 19.1 Å². The van der Waals surface area contributed by atoms with E-state index in [4.69, 9.17) is 4.74 Å². The summed E-state index contributed by atoms with van der Waals surface area (Å²) in [6, 6.07) is 12.4. The van der Waals surface area contributed by atoms with Crippen molar-refractivity contribution in [2.75, 3.05) is 6.54 Å². The summed E-state index contributed by atoms with van der Waals surface area (Å²) in [4.78, 5) is 42.3. The number of carbonyl (C=O) groups excluding carboxylic acids is 3. The van der Waals surface area contributed by atoms with Gasteiger partial charge in [-0.05, 0) is 37.6 Å². The molecular formula is C21H19N3O4. The minimum atomic E-state index is -0.373. The maximum absolute atomic E-state index is 12.3. The maximum Gasteiger partial charge on any atom is 0.306 e. The van der Waals surface area contributed by atoms with Gasteiger partial charge in [0, 0.05) is 19.2 Å². The monoisotopic (exact) mass is 377 g/mol. The number of benzene rings is 1. The van der Waals surface area contributed by atoms with Crippen molar-refractivity contribution in [3.05, 3.63) is 71.2 Å². The van der Waals surface area contributed by atoms with E-state index in [1.807, 2.05) is 35.7 Å². The fraction of sp³-hybridized carbons (Fsp3) is 0.238. The molecule has 3 aromatic rings. The minimum absolute atomic E-state index is 0.128. The number of amides is 2. The highest BCUT2D eigenvalue weighted by molar-refractivity contribution is 6.21. The number of ether oxygens (including phenoxy) is 1. The Morgan fingerprint density at radius 1 is 1.04 bits per heavy atom. The average Bonchev–Trinajstić information content (AvgIpc) is 3.15. The Labute approximate surface area is 161 Å². The number of imidazole rings is 1. The molecule has 1 aromatic carbocycles. The molecule has 4 rings (SSSR count). The molecule has 0 spiro atoms. The van der Waals surface area contributed by atoms with Crippen molar-refractivity contribution in [3.63, 3.8) is 0 Å². The van der Waals surface area contributed by atoms with Crippen LogP contribution in [-0.2, 0) is 16.1 Å². The summed E-state index contributed by atoms with van der Waals surface area (Å²) in [6.07, 6.45) is 2.36. The second kappa shape index (κ2) is 7.26. The van der Waals surface area contributed by atoms with Crippen LogP contribution in [-0.4, -0.2) is 38.6 Å². The van der Waals surface area contributed by atoms with Crippen LogP contribution in [0, 0.1) is 6.92 Å². The predicted molar refractivity (Wildman–Crippen MR) is 101 cm³/mol. The summed E-state index contributed by atoms with van der Waals surface area (Å²) in [5.41, 5.74) is 3.27. The van der Waals surface area contributed by atoms with Gasteiger partial charge in [0.2, 0.25) is 0 Å². The first-order valence-corrected chi connectivity index (χ1v) is 9.09. The van der Waals surface area contributed by atoms with Crippen LogP contribution in [0.15, 0.2) is 48.7 Å². The Bertz CT molecular complexity index is 1050. The van der Waals surface area contributed by atoms with Crippen molar-refractivity contribution in [2.24, 2.45) is 0 Å². The first-order valence-electron chi connectivity index (χ1n) is 9.09. The fourth-order valence-corrected chi connectivity index (χ4v) is 3.38. The molecule has 0 aliphatic carbocycles. The van der Waals surface area contributed by atoms with Gasteiger partial charge in [0.1, 0.15) is 12.3 Å². The van der Waals surface area contributed by atoms with Crippen molar-refractivity contribution in [3.8, 4) is 0 Å². The maximum atomic E-state index is 12.3. The number of fused-ring (bicyclic) bond motifs is 2. The Morgan fingerprint density at radius 3 is 2.43 bits per heavy atom. The lowest BCUT2D eigenvalue weighted by Crippen LogP contribution is -2.31. The molecule has 0 saturated carbocycles. The SMILES string of the molecule is Cc1nc2ccccn2c1COC(=O)CCCN1C(=O)c2ccccc2C1=O. The number of aromatic nitrogens is 2. The molecule has 7 nitrogen and oxygen atoms in total. The summed E-state index contributed by atoms with van der Waals surface area (Å²) < 4.78 is 7.26. The van der Waals surface area contributed by atoms with Gasteiger partial charge in [-0.2, -0.15) is 0 Å². The molecule has 7 heteroatoms. The Kier molecular flexibility index (Phi) is 4.65. The Hall–Kier alpha value is -3.48.